The van der Waals surface area contributed by atoms with Crippen molar-refractivity contribution in [3.63, 3.8) is 0 Å². The summed E-state index contributed by atoms with van der Waals surface area (Å²) in [5.74, 6) is 0.622. The van der Waals surface area contributed by atoms with Gasteiger partial charge in [-0.15, -0.1) is 24.0 Å². The number of hydrogen-bond donors (Lipinski definition) is 3. The molecule has 0 atom stereocenters. The fourth-order valence-electron chi connectivity index (χ4n) is 1.70. The van der Waals surface area contributed by atoms with E-state index < -0.39 is 0 Å². The first-order valence-electron chi connectivity index (χ1n) is 7.42. The molecule has 0 spiro atoms. The van der Waals surface area contributed by atoms with Gasteiger partial charge in [-0.1, -0.05) is 11.6 Å². The molecule has 1 aromatic rings. The van der Waals surface area contributed by atoms with Gasteiger partial charge in [0.1, 0.15) is 0 Å². The average Bonchev–Trinajstić information content (AvgIpc) is 2.42. The van der Waals surface area contributed by atoms with Gasteiger partial charge in [-0.25, -0.2) is 0 Å². The van der Waals surface area contributed by atoms with Crippen LogP contribution in [0.5, 0.6) is 0 Å². The zero-order valence-electron chi connectivity index (χ0n) is 14.1. The molecule has 3 N–H and O–H groups in total. The van der Waals surface area contributed by atoms with Gasteiger partial charge in [-0.2, -0.15) is 0 Å². The Hall–Kier alpha value is -1.02. The summed E-state index contributed by atoms with van der Waals surface area (Å²) in [5, 5.41) is 9.92. The molecule has 0 radical (unpaired) electrons. The summed E-state index contributed by atoms with van der Waals surface area (Å²) < 4.78 is 0. The van der Waals surface area contributed by atoms with Crippen LogP contribution in [0.1, 0.15) is 38.1 Å². The second-order valence-corrected chi connectivity index (χ2v) is 6.33. The highest BCUT2D eigenvalue weighted by Gasteiger charge is 2.11. The first-order valence-corrected chi connectivity index (χ1v) is 7.80. The Labute approximate surface area is 160 Å². The van der Waals surface area contributed by atoms with Crippen LogP contribution in [-0.2, 0) is 0 Å². The zero-order chi connectivity index (χ0) is 16.6. The van der Waals surface area contributed by atoms with Crippen LogP contribution in [-0.4, -0.2) is 37.0 Å². The molecule has 0 unspecified atom stereocenters. The van der Waals surface area contributed by atoms with Crippen molar-refractivity contribution in [2.75, 3.05) is 19.6 Å². The summed E-state index contributed by atoms with van der Waals surface area (Å²) >= 11 is 5.80. The van der Waals surface area contributed by atoms with Gasteiger partial charge in [-0.05, 0) is 52.0 Å². The van der Waals surface area contributed by atoms with Gasteiger partial charge in [0.25, 0.3) is 5.91 Å². The smallest absolute Gasteiger partial charge is 0.251 e. The lowest BCUT2D eigenvalue weighted by molar-refractivity contribution is 0.0955. The molecule has 0 aliphatic rings. The SMILES string of the molecule is CCNC(=NCCNC(=O)c1ccc(Cl)cc1)NC(C)(C)C.I. The lowest BCUT2D eigenvalue weighted by Gasteiger charge is -2.23. The molecular weight excluding hydrogens is 427 g/mol. The predicted molar refractivity (Wildman–Crippen MR) is 108 cm³/mol. The molecule has 0 heterocycles. The topological polar surface area (TPSA) is 65.5 Å². The van der Waals surface area contributed by atoms with Crippen molar-refractivity contribution < 1.29 is 4.79 Å². The number of benzene rings is 1. The monoisotopic (exact) mass is 452 g/mol. The average molecular weight is 453 g/mol. The Balaban J connectivity index is 0.00000484. The van der Waals surface area contributed by atoms with Crippen LogP contribution in [0.15, 0.2) is 29.3 Å². The first-order chi connectivity index (χ1) is 10.3. The summed E-state index contributed by atoms with van der Waals surface area (Å²) in [6.07, 6.45) is 0. The maximum atomic E-state index is 11.9. The maximum Gasteiger partial charge on any atom is 0.251 e. The summed E-state index contributed by atoms with van der Waals surface area (Å²) in [5.41, 5.74) is 0.529. The van der Waals surface area contributed by atoms with E-state index >= 15 is 0 Å². The second kappa shape index (κ2) is 10.7. The molecule has 0 bridgehead atoms. The number of halogens is 2. The van der Waals surface area contributed by atoms with E-state index in [1.54, 1.807) is 24.3 Å². The molecule has 1 amide bonds. The highest BCUT2D eigenvalue weighted by molar-refractivity contribution is 14.0. The van der Waals surface area contributed by atoms with Crippen LogP contribution in [0, 0.1) is 0 Å². The molecule has 0 saturated carbocycles. The van der Waals surface area contributed by atoms with Crippen LogP contribution in [0.3, 0.4) is 0 Å². The molecule has 130 valence electrons. The van der Waals surface area contributed by atoms with Crippen molar-refractivity contribution in [2.45, 2.75) is 33.2 Å². The van der Waals surface area contributed by atoms with Gasteiger partial charge in [0, 0.05) is 29.2 Å². The summed E-state index contributed by atoms with van der Waals surface area (Å²) in [6.45, 7) is 10.0. The predicted octanol–water partition coefficient (Wildman–Crippen LogP) is 3.04. The molecule has 7 heteroatoms. The Morgan fingerprint density at radius 2 is 1.78 bits per heavy atom. The summed E-state index contributed by atoms with van der Waals surface area (Å²) in [4.78, 5) is 16.4. The zero-order valence-corrected chi connectivity index (χ0v) is 17.2. The van der Waals surface area contributed by atoms with E-state index in [2.05, 4.69) is 41.7 Å². The normalized spacial score (nSPS) is 11.4. The van der Waals surface area contributed by atoms with Crippen molar-refractivity contribution in [1.29, 1.82) is 0 Å². The molecule has 0 aliphatic carbocycles. The Morgan fingerprint density at radius 3 is 2.30 bits per heavy atom. The largest absolute Gasteiger partial charge is 0.357 e. The van der Waals surface area contributed by atoms with Crippen LogP contribution < -0.4 is 16.0 Å². The molecule has 23 heavy (non-hydrogen) atoms. The number of hydrogen-bond acceptors (Lipinski definition) is 2. The fraction of sp³-hybridized carbons (Fsp3) is 0.500. The van der Waals surface area contributed by atoms with Crippen LogP contribution in [0.4, 0.5) is 0 Å². The molecule has 1 aromatic carbocycles. The van der Waals surface area contributed by atoms with Gasteiger partial charge in [0.05, 0.1) is 6.54 Å². The van der Waals surface area contributed by atoms with Gasteiger partial charge in [-0.3, -0.25) is 9.79 Å². The highest BCUT2D eigenvalue weighted by atomic mass is 127. The number of nitrogens with one attached hydrogen (secondary N) is 3. The summed E-state index contributed by atoms with van der Waals surface area (Å²) in [7, 11) is 0. The van der Waals surface area contributed by atoms with Crippen molar-refractivity contribution >= 4 is 47.4 Å². The first kappa shape index (κ1) is 22.0. The van der Waals surface area contributed by atoms with E-state index in [-0.39, 0.29) is 35.4 Å². The van der Waals surface area contributed by atoms with E-state index in [1.165, 1.54) is 0 Å². The third kappa shape index (κ3) is 9.65. The number of guanidine groups is 1. The van der Waals surface area contributed by atoms with Crippen molar-refractivity contribution in [1.82, 2.24) is 16.0 Å². The van der Waals surface area contributed by atoms with Crippen molar-refractivity contribution in [3.8, 4) is 0 Å². The van der Waals surface area contributed by atoms with E-state index in [0.717, 1.165) is 12.5 Å². The Bertz CT molecular complexity index is 512. The lowest BCUT2D eigenvalue weighted by atomic mass is 10.1. The number of nitrogens with zero attached hydrogens (tertiary/aromatic N) is 1. The molecular formula is C16H26ClIN4O. The minimum absolute atomic E-state index is 0. The van der Waals surface area contributed by atoms with Crippen molar-refractivity contribution in [3.05, 3.63) is 34.9 Å². The van der Waals surface area contributed by atoms with Gasteiger partial charge >= 0.3 is 0 Å². The number of carbonyl (C=O) groups is 1. The van der Waals surface area contributed by atoms with E-state index in [1.807, 2.05) is 6.92 Å². The minimum atomic E-state index is -0.124. The fourth-order valence-corrected chi connectivity index (χ4v) is 1.83. The van der Waals surface area contributed by atoms with Crippen LogP contribution in [0.25, 0.3) is 0 Å². The maximum absolute atomic E-state index is 11.9. The Morgan fingerprint density at radius 1 is 1.17 bits per heavy atom. The van der Waals surface area contributed by atoms with Gasteiger partial charge in [0.15, 0.2) is 5.96 Å². The van der Waals surface area contributed by atoms with Crippen molar-refractivity contribution in [2.24, 2.45) is 4.99 Å². The quantitative estimate of drug-likeness (QED) is 0.278. The molecule has 0 saturated heterocycles. The van der Waals surface area contributed by atoms with E-state index in [9.17, 15) is 4.79 Å². The number of aliphatic imine (C=N–C) groups is 1. The molecule has 0 aromatic heterocycles. The van der Waals surface area contributed by atoms with E-state index in [4.69, 9.17) is 11.6 Å². The number of amides is 1. The number of carbonyl (C=O) groups excluding carboxylic acids is 1. The molecule has 0 fully saturated rings. The second-order valence-electron chi connectivity index (χ2n) is 5.90. The lowest BCUT2D eigenvalue weighted by Crippen LogP contribution is -2.47. The molecule has 0 aliphatic heterocycles. The molecule has 5 nitrogen and oxygen atoms in total. The van der Waals surface area contributed by atoms with Crippen LogP contribution >= 0.6 is 35.6 Å². The highest BCUT2D eigenvalue weighted by Crippen LogP contribution is 2.09. The van der Waals surface area contributed by atoms with Gasteiger partial charge < -0.3 is 16.0 Å². The number of rotatable bonds is 5. The Kier molecular flexibility index (Phi) is 10.2. The molecule has 1 rings (SSSR count). The van der Waals surface area contributed by atoms with Gasteiger partial charge in [0.2, 0.25) is 0 Å². The van der Waals surface area contributed by atoms with Crippen LogP contribution in [0.2, 0.25) is 5.02 Å². The van der Waals surface area contributed by atoms with E-state index in [0.29, 0.717) is 23.7 Å². The standard InChI is InChI=1S/C16H25ClN4O.HI/c1-5-18-15(21-16(2,3)4)20-11-10-19-14(22)12-6-8-13(17)9-7-12;/h6-9H,5,10-11H2,1-4H3,(H,19,22)(H2,18,20,21);1H. The third-order valence-corrected chi connectivity index (χ3v) is 2.86. The summed E-state index contributed by atoms with van der Waals surface area (Å²) in [6, 6.07) is 6.80. The minimum Gasteiger partial charge on any atom is -0.357 e. The third-order valence-electron chi connectivity index (χ3n) is 2.61.